The van der Waals surface area contributed by atoms with Crippen molar-refractivity contribution in [2.45, 2.75) is 24.7 Å². The minimum absolute atomic E-state index is 0.0139. The molecule has 1 heterocycles. The highest BCUT2D eigenvalue weighted by atomic mass is 16.5. The van der Waals surface area contributed by atoms with Gasteiger partial charge in [-0.1, -0.05) is 24.3 Å². The van der Waals surface area contributed by atoms with E-state index in [1.165, 1.54) is 18.2 Å². The quantitative estimate of drug-likeness (QED) is 0.599. The number of carboxylic acids is 1. The molecule has 2 atom stereocenters. The molecule has 5 N–H and O–H groups in total. The van der Waals surface area contributed by atoms with Gasteiger partial charge in [-0.25, -0.2) is 4.79 Å². The number of nitrogens with two attached hydrogens (primary N) is 1. The maximum atomic E-state index is 12.5. The monoisotopic (exact) mass is 355 g/mol. The van der Waals surface area contributed by atoms with E-state index in [1.807, 2.05) is 0 Å². The van der Waals surface area contributed by atoms with Crippen LogP contribution in [-0.2, 0) is 11.2 Å². The van der Waals surface area contributed by atoms with Gasteiger partial charge in [0.25, 0.3) is 0 Å². The molecule has 0 saturated heterocycles. The third-order valence-corrected chi connectivity index (χ3v) is 4.51. The number of carbonyl (C=O) groups is 2. The van der Waals surface area contributed by atoms with E-state index in [0.717, 1.165) is 0 Å². The Morgan fingerprint density at radius 3 is 2.58 bits per heavy atom. The summed E-state index contributed by atoms with van der Waals surface area (Å²) in [5, 5.41) is 28.7. The zero-order valence-corrected chi connectivity index (χ0v) is 13.8. The molecule has 134 valence electrons. The van der Waals surface area contributed by atoms with E-state index in [9.17, 15) is 24.8 Å². The Labute approximate surface area is 150 Å². The number of para-hydroxylation sites is 1. The molecular formula is C18H18BNO6. The van der Waals surface area contributed by atoms with Gasteiger partial charge in [-0.2, -0.15) is 0 Å². The van der Waals surface area contributed by atoms with Crippen molar-refractivity contribution in [3.63, 3.8) is 0 Å². The summed E-state index contributed by atoms with van der Waals surface area (Å²) in [5.74, 6) is -1.73. The highest BCUT2D eigenvalue weighted by molar-refractivity contribution is 6.47. The van der Waals surface area contributed by atoms with Crippen molar-refractivity contribution in [3.05, 3.63) is 59.2 Å². The number of phenols is 1. The number of phenolic OH excluding ortho intramolecular Hbond substituents is 1. The molecule has 7 nitrogen and oxygen atoms in total. The highest BCUT2D eigenvalue weighted by Crippen LogP contribution is 2.37. The van der Waals surface area contributed by atoms with Gasteiger partial charge in [0.15, 0.2) is 5.78 Å². The number of aromatic hydroxyl groups is 1. The molecule has 0 aliphatic carbocycles. The average molecular weight is 355 g/mol. The summed E-state index contributed by atoms with van der Waals surface area (Å²) in [7, 11) is -1.29. The van der Waals surface area contributed by atoms with E-state index in [2.05, 4.69) is 0 Å². The van der Waals surface area contributed by atoms with Gasteiger partial charge in [0, 0.05) is 12.2 Å². The van der Waals surface area contributed by atoms with Gasteiger partial charge in [0.2, 0.25) is 0 Å². The fourth-order valence-corrected chi connectivity index (χ4v) is 3.08. The average Bonchev–Trinajstić information content (AvgIpc) is 2.61. The van der Waals surface area contributed by atoms with Crippen molar-refractivity contribution < 1.29 is 29.5 Å². The minimum Gasteiger partial charge on any atom is -0.535 e. The first-order valence-electron chi connectivity index (χ1n) is 8.14. The molecule has 0 amide bonds. The van der Waals surface area contributed by atoms with Crippen molar-refractivity contribution >= 4 is 18.9 Å². The smallest absolute Gasteiger partial charge is 0.526 e. The molecule has 2 aromatic rings. The first-order valence-corrected chi connectivity index (χ1v) is 8.14. The number of aromatic carboxylic acids is 1. The molecule has 0 fully saturated rings. The van der Waals surface area contributed by atoms with E-state index >= 15 is 0 Å². The maximum Gasteiger partial charge on any atom is 0.526 e. The zero-order valence-electron chi connectivity index (χ0n) is 13.8. The molecule has 0 unspecified atom stereocenters. The first kappa shape index (κ1) is 18.0. The van der Waals surface area contributed by atoms with E-state index in [4.69, 9.17) is 10.4 Å². The second-order valence-electron chi connectivity index (χ2n) is 6.31. The number of fused-ring (bicyclic) bond motifs is 1. The van der Waals surface area contributed by atoms with Crippen LogP contribution < -0.4 is 10.4 Å². The summed E-state index contributed by atoms with van der Waals surface area (Å²) in [6.45, 7) is 0. The molecule has 1 aliphatic rings. The molecule has 0 saturated carbocycles. The van der Waals surface area contributed by atoms with Gasteiger partial charge >= 0.3 is 13.1 Å². The van der Waals surface area contributed by atoms with Crippen LogP contribution in [0.4, 0.5) is 0 Å². The molecule has 0 aromatic heterocycles. The summed E-state index contributed by atoms with van der Waals surface area (Å²) in [6.07, 6.45) is 0.297. The highest BCUT2D eigenvalue weighted by Gasteiger charge is 2.38. The number of carboxylic acid groups (broad SMARTS) is 1. The second kappa shape index (κ2) is 7.19. The number of Topliss-reactive ketones (excluding diaryl/α,β-unsaturated/α-hetero) is 1. The number of carbonyl (C=O) groups excluding carboxylic acids is 1. The second-order valence-corrected chi connectivity index (χ2v) is 6.31. The standard InChI is InChI=1S/C18H18BNO6/c20-16(10-4-6-13(21)7-5-10)15(22)9-12-8-11-2-1-3-14(18(23)24)17(11)26-19(12)25/h1-7,12,16,21,25H,8-9,20H2,(H,23,24)/t12-,16+/m1/s1. The van der Waals surface area contributed by atoms with Crippen molar-refractivity contribution in [2.75, 3.05) is 0 Å². The fraction of sp³-hybridized carbons (Fsp3) is 0.222. The van der Waals surface area contributed by atoms with Crippen LogP contribution in [0.1, 0.15) is 33.9 Å². The van der Waals surface area contributed by atoms with Crippen LogP contribution in [0.2, 0.25) is 5.82 Å². The van der Waals surface area contributed by atoms with Crippen molar-refractivity contribution in [2.24, 2.45) is 5.73 Å². The first-order chi connectivity index (χ1) is 12.4. The topological polar surface area (TPSA) is 130 Å². The lowest BCUT2D eigenvalue weighted by Gasteiger charge is -2.28. The Morgan fingerprint density at radius 2 is 1.92 bits per heavy atom. The summed E-state index contributed by atoms with van der Waals surface area (Å²) in [5.41, 5.74) is 7.15. The fourth-order valence-electron chi connectivity index (χ4n) is 3.08. The van der Waals surface area contributed by atoms with Crippen molar-refractivity contribution in [1.82, 2.24) is 0 Å². The number of rotatable bonds is 5. The van der Waals surface area contributed by atoms with E-state index in [0.29, 0.717) is 17.5 Å². The van der Waals surface area contributed by atoms with Crippen LogP contribution >= 0.6 is 0 Å². The Hall–Kier alpha value is -2.84. The molecule has 1 aliphatic heterocycles. The summed E-state index contributed by atoms with van der Waals surface area (Å²) in [6, 6.07) is 9.88. The van der Waals surface area contributed by atoms with Crippen LogP contribution in [0, 0.1) is 0 Å². The van der Waals surface area contributed by atoms with Crippen molar-refractivity contribution in [1.29, 1.82) is 0 Å². The van der Waals surface area contributed by atoms with Crippen LogP contribution in [-0.4, -0.2) is 34.1 Å². The Morgan fingerprint density at radius 1 is 1.23 bits per heavy atom. The lowest BCUT2D eigenvalue weighted by molar-refractivity contribution is -0.120. The zero-order chi connectivity index (χ0) is 18.8. The minimum atomic E-state index is -1.29. The third kappa shape index (κ3) is 3.56. The largest absolute Gasteiger partial charge is 0.535 e. The number of ketones is 1. The lowest BCUT2D eigenvalue weighted by atomic mass is 9.64. The molecule has 0 bridgehead atoms. The van der Waals surface area contributed by atoms with Crippen LogP contribution in [0.3, 0.4) is 0 Å². The molecule has 0 radical (unpaired) electrons. The van der Waals surface area contributed by atoms with Gasteiger partial charge in [-0.15, -0.1) is 0 Å². The Balaban J connectivity index is 1.74. The summed E-state index contributed by atoms with van der Waals surface area (Å²) in [4.78, 5) is 23.7. The predicted octanol–water partition coefficient (Wildman–Crippen LogP) is 1.54. The number of hydrogen-bond acceptors (Lipinski definition) is 6. The van der Waals surface area contributed by atoms with E-state index in [1.54, 1.807) is 24.3 Å². The Kier molecular flexibility index (Phi) is 4.97. The van der Waals surface area contributed by atoms with E-state index in [-0.39, 0.29) is 29.3 Å². The summed E-state index contributed by atoms with van der Waals surface area (Å²) >= 11 is 0. The van der Waals surface area contributed by atoms with Crippen molar-refractivity contribution in [3.8, 4) is 11.5 Å². The van der Waals surface area contributed by atoms with Crippen LogP contribution in [0.25, 0.3) is 0 Å². The lowest BCUT2D eigenvalue weighted by Crippen LogP contribution is -2.37. The summed E-state index contributed by atoms with van der Waals surface area (Å²) < 4.78 is 5.39. The third-order valence-electron chi connectivity index (χ3n) is 4.51. The predicted molar refractivity (Wildman–Crippen MR) is 94.1 cm³/mol. The van der Waals surface area contributed by atoms with E-state index < -0.39 is 24.9 Å². The maximum absolute atomic E-state index is 12.5. The molecule has 3 rings (SSSR count). The van der Waals surface area contributed by atoms with Gasteiger partial charge in [0.1, 0.15) is 11.5 Å². The normalized spacial score (nSPS) is 17.2. The van der Waals surface area contributed by atoms with Gasteiger partial charge in [0.05, 0.1) is 11.6 Å². The molecule has 26 heavy (non-hydrogen) atoms. The number of benzene rings is 2. The van der Waals surface area contributed by atoms with Gasteiger partial charge < -0.3 is 25.6 Å². The molecule has 8 heteroatoms. The van der Waals surface area contributed by atoms with Gasteiger partial charge in [-0.3, -0.25) is 4.79 Å². The van der Waals surface area contributed by atoms with Gasteiger partial charge in [-0.05, 0) is 35.7 Å². The molecule has 2 aromatic carbocycles. The molecule has 0 spiro atoms. The SMILES string of the molecule is N[C@H](C(=O)C[C@H]1Cc2cccc(C(=O)O)c2OB1O)c1ccc(O)cc1. The molecular weight excluding hydrogens is 337 g/mol. The number of hydrogen-bond donors (Lipinski definition) is 4. The van der Waals surface area contributed by atoms with Crippen LogP contribution in [0.5, 0.6) is 11.5 Å². The Bertz CT molecular complexity index is 838. The van der Waals surface area contributed by atoms with Crippen LogP contribution in [0.15, 0.2) is 42.5 Å².